The lowest BCUT2D eigenvalue weighted by atomic mass is 10.0. The van der Waals surface area contributed by atoms with Gasteiger partial charge in [-0.05, 0) is 18.2 Å². The van der Waals surface area contributed by atoms with Crippen LogP contribution in [0, 0.1) is 0 Å². The van der Waals surface area contributed by atoms with Crippen molar-refractivity contribution in [3.63, 3.8) is 0 Å². The van der Waals surface area contributed by atoms with Gasteiger partial charge in [0.25, 0.3) is 16.8 Å². The minimum absolute atomic E-state index is 0.162. The van der Waals surface area contributed by atoms with E-state index in [2.05, 4.69) is 9.82 Å². The third-order valence-corrected chi connectivity index (χ3v) is 3.71. The standard InChI is InChI=1S/C15H13N3O3S/c1-18-15(19)13-8-3-2-7-12(13)14(16-18)10-5-4-6-11(9-10)17-22(20)21/h2-9,17H,1H3,(H,20,21). The molecule has 2 aromatic carbocycles. The van der Waals surface area contributed by atoms with Crippen LogP contribution in [0.15, 0.2) is 53.3 Å². The quantitative estimate of drug-likeness (QED) is 0.725. The van der Waals surface area contributed by atoms with E-state index in [1.807, 2.05) is 18.2 Å². The minimum Gasteiger partial charge on any atom is -0.289 e. The maximum Gasteiger partial charge on any atom is 0.274 e. The third-order valence-electron chi connectivity index (χ3n) is 3.30. The van der Waals surface area contributed by atoms with Gasteiger partial charge in [-0.1, -0.05) is 30.3 Å². The molecule has 0 bridgehead atoms. The summed E-state index contributed by atoms with van der Waals surface area (Å²) in [5, 5.41) is 5.66. The first-order valence-corrected chi connectivity index (χ1v) is 7.61. The molecule has 1 aromatic heterocycles. The summed E-state index contributed by atoms with van der Waals surface area (Å²) in [6.07, 6.45) is 0. The molecule has 1 heterocycles. The van der Waals surface area contributed by atoms with E-state index in [-0.39, 0.29) is 5.56 Å². The number of rotatable bonds is 3. The molecule has 2 N–H and O–H groups in total. The van der Waals surface area contributed by atoms with Crippen LogP contribution in [0.1, 0.15) is 0 Å². The van der Waals surface area contributed by atoms with Crippen molar-refractivity contribution in [3.05, 3.63) is 58.9 Å². The van der Waals surface area contributed by atoms with Crippen LogP contribution in [0.3, 0.4) is 0 Å². The van der Waals surface area contributed by atoms with Crippen molar-refractivity contribution < 1.29 is 8.76 Å². The number of nitrogens with one attached hydrogen (secondary N) is 1. The average molecular weight is 315 g/mol. The van der Waals surface area contributed by atoms with Crippen molar-refractivity contribution in [3.8, 4) is 11.3 Å². The lowest BCUT2D eigenvalue weighted by molar-refractivity contribution is 0.570. The second-order valence-corrected chi connectivity index (χ2v) is 5.46. The van der Waals surface area contributed by atoms with Gasteiger partial charge >= 0.3 is 0 Å². The summed E-state index contributed by atoms with van der Waals surface area (Å²) >= 11 is -2.14. The first kappa shape index (κ1) is 14.4. The van der Waals surface area contributed by atoms with Gasteiger partial charge in [0, 0.05) is 23.7 Å². The predicted molar refractivity (Wildman–Crippen MR) is 86.8 cm³/mol. The maximum absolute atomic E-state index is 12.1. The molecule has 7 heteroatoms. The van der Waals surface area contributed by atoms with Gasteiger partial charge in [0.15, 0.2) is 0 Å². The Labute approximate surface area is 128 Å². The first-order valence-electron chi connectivity index (χ1n) is 6.50. The van der Waals surface area contributed by atoms with E-state index in [0.29, 0.717) is 16.8 Å². The number of fused-ring (bicyclic) bond motifs is 1. The number of anilines is 1. The highest BCUT2D eigenvalue weighted by molar-refractivity contribution is 7.80. The average Bonchev–Trinajstić information content (AvgIpc) is 2.50. The predicted octanol–water partition coefficient (Wildman–Crippen LogP) is 2.15. The Kier molecular flexibility index (Phi) is 3.74. The molecule has 0 amide bonds. The minimum atomic E-state index is -2.14. The highest BCUT2D eigenvalue weighted by Crippen LogP contribution is 2.26. The molecule has 0 aliphatic carbocycles. The summed E-state index contributed by atoms with van der Waals surface area (Å²) in [5.41, 5.74) is 1.73. The van der Waals surface area contributed by atoms with E-state index in [1.165, 1.54) is 4.68 Å². The summed E-state index contributed by atoms with van der Waals surface area (Å²) < 4.78 is 23.5. The molecule has 6 nitrogen and oxygen atoms in total. The Morgan fingerprint density at radius 2 is 1.86 bits per heavy atom. The van der Waals surface area contributed by atoms with Crippen molar-refractivity contribution in [1.29, 1.82) is 0 Å². The van der Waals surface area contributed by atoms with E-state index in [0.717, 1.165) is 10.9 Å². The molecule has 3 aromatic rings. The van der Waals surface area contributed by atoms with E-state index >= 15 is 0 Å². The van der Waals surface area contributed by atoms with E-state index in [9.17, 15) is 9.00 Å². The van der Waals surface area contributed by atoms with Crippen LogP contribution >= 0.6 is 0 Å². The summed E-state index contributed by atoms with van der Waals surface area (Å²) in [6.45, 7) is 0. The van der Waals surface area contributed by atoms with Crippen LogP contribution < -0.4 is 10.3 Å². The number of aromatic nitrogens is 2. The topological polar surface area (TPSA) is 84.2 Å². The molecule has 0 saturated heterocycles. The fourth-order valence-electron chi connectivity index (χ4n) is 2.34. The Morgan fingerprint density at radius 1 is 1.14 bits per heavy atom. The molecule has 0 aliphatic rings. The zero-order valence-electron chi connectivity index (χ0n) is 11.7. The van der Waals surface area contributed by atoms with Crippen molar-refractivity contribution in [2.75, 3.05) is 4.72 Å². The highest BCUT2D eigenvalue weighted by Gasteiger charge is 2.11. The zero-order chi connectivity index (χ0) is 15.7. The van der Waals surface area contributed by atoms with Crippen LogP contribution in [0.25, 0.3) is 22.0 Å². The van der Waals surface area contributed by atoms with Gasteiger partial charge in [-0.2, -0.15) is 5.10 Å². The lowest BCUT2D eigenvalue weighted by Crippen LogP contribution is -2.20. The second kappa shape index (κ2) is 5.70. The number of hydrogen-bond acceptors (Lipinski definition) is 3. The SMILES string of the molecule is Cn1nc(-c2cccc(NS(=O)O)c2)c2ccccc2c1=O. The first-order chi connectivity index (χ1) is 10.6. The van der Waals surface area contributed by atoms with Crippen LogP contribution in [-0.2, 0) is 18.3 Å². The lowest BCUT2D eigenvalue weighted by Gasteiger charge is -2.09. The van der Waals surface area contributed by atoms with Gasteiger partial charge < -0.3 is 0 Å². The van der Waals surface area contributed by atoms with Crippen molar-refractivity contribution in [1.82, 2.24) is 9.78 Å². The summed E-state index contributed by atoms with van der Waals surface area (Å²) in [4.78, 5) is 12.1. The third kappa shape index (κ3) is 2.63. The summed E-state index contributed by atoms with van der Waals surface area (Å²) in [7, 11) is 1.60. The molecular formula is C15H13N3O3S. The van der Waals surface area contributed by atoms with Crippen molar-refractivity contribution >= 4 is 27.7 Å². The molecule has 1 unspecified atom stereocenters. The molecule has 0 aliphatic heterocycles. The molecule has 3 rings (SSSR count). The molecule has 0 fully saturated rings. The Bertz CT molecular complexity index is 937. The number of aryl methyl sites for hydroxylation is 1. The van der Waals surface area contributed by atoms with Gasteiger partial charge in [0.1, 0.15) is 0 Å². The number of nitrogens with zero attached hydrogens (tertiary/aromatic N) is 2. The maximum atomic E-state index is 12.1. The smallest absolute Gasteiger partial charge is 0.274 e. The zero-order valence-corrected chi connectivity index (χ0v) is 12.5. The molecule has 0 radical (unpaired) electrons. The fraction of sp³-hybridized carbons (Fsp3) is 0.0667. The van der Waals surface area contributed by atoms with Gasteiger partial charge in [-0.25, -0.2) is 8.89 Å². The Hall–Kier alpha value is -2.51. The molecule has 22 heavy (non-hydrogen) atoms. The summed E-state index contributed by atoms with van der Waals surface area (Å²) in [5.74, 6) is 0. The van der Waals surface area contributed by atoms with Gasteiger partial charge in [0.05, 0.1) is 11.1 Å². The van der Waals surface area contributed by atoms with Crippen molar-refractivity contribution in [2.45, 2.75) is 0 Å². The van der Waals surface area contributed by atoms with Crippen LogP contribution in [0.2, 0.25) is 0 Å². The molecule has 0 spiro atoms. The van der Waals surface area contributed by atoms with Gasteiger partial charge in [-0.3, -0.25) is 14.1 Å². The van der Waals surface area contributed by atoms with Gasteiger partial charge in [-0.15, -0.1) is 0 Å². The van der Waals surface area contributed by atoms with Crippen LogP contribution in [0.4, 0.5) is 5.69 Å². The van der Waals surface area contributed by atoms with Crippen LogP contribution in [-0.4, -0.2) is 18.5 Å². The van der Waals surface area contributed by atoms with Crippen LogP contribution in [0.5, 0.6) is 0 Å². The van der Waals surface area contributed by atoms with Crippen molar-refractivity contribution in [2.24, 2.45) is 7.05 Å². The normalized spacial score (nSPS) is 12.3. The Morgan fingerprint density at radius 3 is 2.59 bits per heavy atom. The molecule has 0 saturated carbocycles. The van der Waals surface area contributed by atoms with E-state index in [4.69, 9.17) is 4.55 Å². The number of hydrogen-bond donors (Lipinski definition) is 2. The number of benzene rings is 2. The Balaban J connectivity index is 2.25. The molecular weight excluding hydrogens is 302 g/mol. The highest BCUT2D eigenvalue weighted by atomic mass is 32.2. The van der Waals surface area contributed by atoms with Gasteiger partial charge in [0.2, 0.25) is 0 Å². The second-order valence-electron chi connectivity index (χ2n) is 4.75. The van der Waals surface area contributed by atoms with E-state index < -0.39 is 11.3 Å². The van der Waals surface area contributed by atoms with E-state index in [1.54, 1.807) is 37.4 Å². The largest absolute Gasteiger partial charge is 0.289 e. The fourth-order valence-corrected chi connectivity index (χ4v) is 2.67. The monoisotopic (exact) mass is 315 g/mol. The summed E-state index contributed by atoms with van der Waals surface area (Å²) in [6, 6.07) is 14.2. The molecule has 112 valence electrons. The molecule has 1 atom stereocenters.